The third-order valence-electron chi connectivity index (χ3n) is 4.06. The van der Waals surface area contributed by atoms with Crippen molar-refractivity contribution in [2.24, 2.45) is 5.73 Å². The molecular formula is C18H22N6O. The number of hydrogen-bond acceptors (Lipinski definition) is 4. The Bertz CT molecular complexity index is 835. The van der Waals surface area contributed by atoms with Crippen LogP contribution < -0.4 is 5.73 Å². The van der Waals surface area contributed by atoms with E-state index >= 15 is 0 Å². The van der Waals surface area contributed by atoms with E-state index in [4.69, 9.17) is 5.73 Å². The monoisotopic (exact) mass is 338 g/mol. The molecule has 1 amide bonds. The first-order valence-corrected chi connectivity index (χ1v) is 8.33. The van der Waals surface area contributed by atoms with E-state index in [0.29, 0.717) is 12.4 Å². The molecule has 0 radical (unpaired) electrons. The van der Waals surface area contributed by atoms with Gasteiger partial charge in [-0.15, -0.1) is 0 Å². The van der Waals surface area contributed by atoms with Gasteiger partial charge in [0.25, 0.3) is 0 Å². The maximum absolute atomic E-state index is 11.3. The summed E-state index contributed by atoms with van der Waals surface area (Å²) in [5.41, 5.74) is 7.64. The molecule has 2 aromatic heterocycles. The van der Waals surface area contributed by atoms with Crippen molar-refractivity contribution in [3.63, 3.8) is 0 Å². The molecule has 0 spiro atoms. The highest BCUT2D eigenvalue weighted by Crippen LogP contribution is 2.21. The maximum atomic E-state index is 11.3. The summed E-state index contributed by atoms with van der Waals surface area (Å²) in [7, 11) is 0. The van der Waals surface area contributed by atoms with Gasteiger partial charge in [-0.1, -0.05) is 36.8 Å². The van der Waals surface area contributed by atoms with E-state index in [1.54, 1.807) is 6.20 Å². The number of rotatable bonds is 7. The maximum Gasteiger partial charge on any atom is 0.225 e. The molecule has 3 aromatic rings. The Morgan fingerprint density at radius 1 is 1.28 bits per heavy atom. The van der Waals surface area contributed by atoms with E-state index < -0.39 is 5.91 Å². The van der Waals surface area contributed by atoms with Gasteiger partial charge >= 0.3 is 0 Å². The van der Waals surface area contributed by atoms with Gasteiger partial charge in [0.15, 0.2) is 11.6 Å². The van der Waals surface area contributed by atoms with Crippen LogP contribution in [0.1, 0.15) is 42.2 Å². The average molecular weight is 338 g/mol. The Balaban J connectivity index is 1.98. The van der Waals surface area contributed by atoms with Crippen molar-refractivity contribution in [1.29, 1.82) is 0 Å². The molecule has 1 aromatic carbocycles. The lowest BCUT2D eigenvalue weighted by Gasteiger charge is -2.16. The van der Waals surface area contributed by atoms with Crippen molar-refractivity contribution in [2.45, 2.75) is 39.3 Å². The predicted octanol–water partition coefficient (Wildman–Crippen LogP) is 1.86. The van der Waals surface area contributed by atoms with Gasteiger partial charge in [-0.3, -0.25) is 9.48 Å². The number of carbonyl (C=O) groups is 1. The Morgan fingerprint density at radius 2 is 2.04 bits per heavy atom. The first-order chi connectivity index (χ1) is 12.1. The van der Waals surface area contributed by atoms with Crippen LogP contribution in [0.4, 0.5) is 0 Å². The molecule has 25 heavy (non-hydrogen) atoms. The molecule has 0 unspecified atom stereocenters. The standard InChI is InChI=1S/C18H22N6O/c1-3-15(23-10-4-9-20-23)18-21-17(11-16(19)25)22-24(18)12-14-7-5-13(2)6-8-14/h4-10,15H,3,11-12H2,1-2H3,(H2,19,25)/t15-/m1/s1. The molecule has 2 N–H and O–H groups in total. The number of amides is 1. The van der Waals surface area contributed by atoms with Crippen LogP contribution in [0.25, 0.3) is 0 Å². The minimum Gasteiger partial charge on any atom is -0.369 e. The zero-order valence-corrected chi connectivity index (χ0v) is 14.5. The lowest BCUT2D eigenvalue weighted by molar-refractivity contribution is -0.117. The number of nitrogens with zero attached hydrogens (tertiary/aromatic N) is 5. The molecule has 0 aliphatic heterocycles. The summed E-state index contributed by atoms with van der Waals surface area (Å²) in [5.74, 6) is 0.786. The molecule has 0 saturated heterocycles. The molecule has 2 heterocycles. The summed E-state index contributed by atoms with van der Waals surface area (Å²) < 4.78 is 3.71. The van der Waals surface area contributed by atoms with Crippen molar-refractivity contribution in [3.8, 4) is 0 Å². The number of primary amides is 1. The second-order valence-corrected chi connectivity index (χ2v) is 6.08. The van der Waals surface area contributed by atoms with E-state index in [-0.39, 0.29) is 12.5 Å². The molecule has 7 heteroatoms. The van der Waals surface area contributed by atoms with E-state index in [2.05, 4.69) is 53.3 Å². The summed E-state index contributed by atoms with van der Waals surface area (Å²) >= 11 is 0. The quantitative estimate of drug-likeness (QED) is 0.712. The summed E-state index contributed by atoms with van der Waals surface area (Å²) in [6.07, 6.45) is 4.49. The van der Waals surface area contributed by atoms with Crippen molar-refractivity contribution in [2.75, 3.05) is 0 Å². The van der Waals surface area contributed by atoms with Crippen molar-refractivity contribution in [3.05, 3.63) is 65.5 Å². The van der Waals surface area contributed by atoms with Crippen LogP contribution in [0, 0.1) is 6.92 Å². The number of hydrogen-bond donors (Lipinski definition) is 1. The fourth-order valence-electron chi connectivity index (χ4n) is 2.82. The second kappa shape index (κ2) is 7.29. The summed E-state index contributed by atoms with van der Waals surface area (Å²) in [5, 5.41) is 8.85. The van der Waals surface area contributed by atoms with Crippen LogP contribution in [0.3, 0.4) is 0 Å². The highest BCUT2D eigenvalue weighted by molar-refractivity contribution is 5.75. The fraction of sp³-hybridized carbons (Fsp3) is 0.333. The van der Waals surface area contributed by atoms with Crippen molar-refractivity contribution >= 4 is 5.91 Å². The van der Waals surface area contributed by atoms with Crippen molar-refractivity contribution < 1.29 is 4.79 Å². The van der Waals surface area contributed by atoms with Crippen LogP contribution >= 0.6 is 0 Å². The molecule has 0 aliphatic carbocycles. The fourth-order valence-corrected chi connectivity index (χ4v) is 2.82. The van der Waals surface area contributed by atoms with E-state index in [1.807, 2.05) is 21.6 Å². The second-order valence-electron chi connectivity index (χ2n) is 6.08. The van der Waals surface area contributed by atoms with Crippen LogP contribution in [0.15, 0.2) is 42.7 Å². The van der Waals surface area contributed by atoms with E-state index in [0.717, 1.165) is 17.8 Å². The Morgan fingerprint density at radius 3 is 2.64 bits per heavy atom. The number of carbonyl (C=O) groups excluding carboxylic acids is 1. The number of aryl methyl sites for hydroxylation is 1. The number of benzene rings is 1. The smallest absolute Gasteiger partial charge is 0.225 e. The minimum absolute atomic E-state index is 0.0312. The molecular weight excluding hydrogens is 316 g/mol. The van der Waals surface area contributed by atoms with E-state index in [9.17, 15) is 4.79 Å². The number of nitrogens with two attached hydrogens (primary N) is 1. The van der Waals surface area contributed by atoms with Gasteiger partial charge in [-0.2, -0.15) is 10.2 Å². The van der Waals surface area contributed by atoms with Gasteiger partial charge in [-0.25, -0.2) is 9.67 Å². The lowest BCUT2D eigenvalue weighted by atomic mass is 10.1. The van der Waals surface area contributed by atoms with Gasteiger partial charge in [0.1, 0.15) is 6.04 Å². The lowest BCUT2D eigenvalue weighted by Crippen LogP contribution is -2.17. The van der Waals surface area contributed by atoms with Crippen LogP contribution in [-0.2, 0) is 17.8 Å². The average Bonchev–Trinajstić information content (AvgIpc) is 3.21. The third kappa shape index (κ3) is 3.93. The Labute approximate surface area is 146 Å². The van der Waals surface area contributed by atoms with Crippen LogP contribution in [-0.4, -0.2) is 30.5 Å². The van der Waals surface area contributed by atoms with Gasteiger partial charge in [0.2, 0.25) is 5.91 Å². The first-order valence-electron chi connectivity index (χ1n) is 8.33. The molecule has 0 fully saturated rings. The molecule has 130 valence electrons. The predicted molar refractivity (Wildman–Crippen MR) is 93.9 cm³/mol. The summed E-state index contributed by atoms with van der Waals surface area (Å²) in [6, 6.07) is 10.1. The molecule has 7 nitrogen and oxygen atoms in total. The Hall–Kier alpha value is -2.96. The molecule has 0 saturated carbocycles. The normalized spacial score (nSPS) is 12.2. The van der Waals surface area contributed by atoms with Gasteiger partial charge in [0.05, 0.1) is 13.0 Å². The highest BCUT2D eigenvalue weighted by atomic mass is 16.1. The van der Waals surface area contributed by atoms with Crippen molar-refractivity contribution in [1.82, 2.24) is 24.5 Å². The Kier molecular flexibility index (Phi) is 4.92. The largest absolute Gasteiger partial charge is 0.369 e. The SMILES string of the molecule is CC[C@H](c1nc(CC(N)=O)nn1Cc1ccc(C)cc1)n1cccn1. The molecule has 0 aliphatic rings. The van der Waals surface area contributed by atoms with Crippen LogP contribution in [0.2, 0.25) is 0 Å². The minimum atomic E-state index is -0.439. The van der Waals surface area contributed by atoms with Gasteiger partial charge in [-0.05, 0) is 25.0 Å². The molecule has 3 rings (SSSR count). The highest BCUT2D eigenvalue weighted by Gasteiger charge is 2.21. The zero-order valence-electron chi connectivity index (χ0n) is 14.5. The third-order valence-corrected chi connectivity index (χ3v) is 4.06. The zero-order chi connectivity index (χ0) is 17.8. The first kappa shape index (κ1) is 16.9. The summed E-state index contributed by atoms with van der Waals surface area (Å²) in [4.78, 5) is 15.8. The van der Waals surface area contributed by atoms with Gasteiger partial charge in [0, 0.05) is 12.4 Å². The molecule has 1 atom stereocenters. The molecule has 0 bridgehead atoms. The van der Waals surface area contributed by atoms with Gasteiger partial charge < -0.3 is 5.73 Å². The van der Waals surface area contributed by atoms with Crippen LogP contribution in [0.5, 0.6) is 0 Å². The topological polar surface area (TPSA) is 91.6 Å². The van der Waals surface area contributed by atoms with E-state index in [1.165, 1.54) is 5.56 Å². The summed E-state index contributed by atoms with van der Waals surface area (Å²) in [6.45, 7) is 4.71. The number of aromatic nitrogens is 5.